The fraction of sp³-hybridized carbons (Fsp3) is 0.200. The lowest BCUT2D eigenvalue weighted by Gasteiger charge is -2.10. The molecule has 0 aliphatic heterocycles. The van der Waals surface area contributed by atoms with Crippen molar-refractivity contribution in [1.82, 2.24) is 19.7 Å². The van der Waals surface area contributed by atoms with Crippen LogP contribution in [-0.4, -0.2) is 32.8 Å². The molecule has 0 atom stereocenters. The van der Waals surface area contributed by atoms with Gasteiger partial charge in [-0.2, -0.15) is 5.10 Å². The Morgan fingerprint density at radius 3 is 2.87 bits per heavy atom. The molecule has 118 valence electrons. The number of methoxy groups -OCH3 is 1. The number of carbonyl (C=O) groups is 1. The van der Waals surface area contributed by atoms with Crippen molar-refractivity contribution in [2.45, 2.75) is 6.92 Å². The number of anilines is 1. The maximum atomic E-state index is 12.2. The third-order valence-corrected chi connectivity index (χ3v) is 3.38. The van der Waals surface area contributed by atoms with Crippen molar-refractivity contribution in [2.24, 2.45) is 7.05 Å². The topological polar surface area (TPSA) is 102 Å². The number of benzene rings is 1. The molecule has 0 saturated carbocycles. The Morgan fingerprint density at radius 1 is 1.39 bits per heavy atom. The van der Waals surface area contributed by atoms with Crippen LogP contribution >= 0.6 is 0 Å². The van der Waals surface area contributed by atoms with E-state index >= 15 is 0 Å². The van der Waals surface area contributed by atoms with Crippen molar-refractivity contribution in [3.63, 3.8) is 0 Å². The molecule has 0 unspecified atom stereocenters. The Hall–Kier alpha value is -3.16. The quantitative estimate of drug-likeness (QED) is 0.758. The molecule has 0 bridgehead atoms. The molecule has 0 fully saturated rings. The molecule has 0 aliphatic carbocycles. The highest BCUT2D eigenvalue weighted by Gasteiger charge is 2.13. The number of hydrogen-bond donors (Lipinski definition) is 2. The van der Waals surface area contributed by atoms with Crippen molar-refractivity contribution in [2.75, 3.05) is 12.4 Å². The summed E-state index contributed by atoms with van der Waals surface area (Å²) in [6, 6.07) is 5.11. The van der Waals surface area contributed by atoms with Crippen LogP contribution in [0.4, 0.5) is 5.69 Å². The van der Waals surface area contributed by atoms with E-state index in [0.29, 0.717) is 33.9 Å². The predicted octanol–water partition coefficient (Wildman–Crippen LogP) is 1.29. The number of amides is 1. The number of nitrogens with zero attached hydrogens (tertiary/aromatic N) is 3. The summed E-state index contributed by atoms with van der Waals surface area (Å²) in [5.41, 5.74) is 1.42. The lowest BCUT2D eigenvalue weighted by Crippen LogP contribution is -2.10. The maximum absolute atomic E-state index is 12.2. The van der Waals surface area contributed by atoms with Gasteiger partial charge in [0.25, 0.3) is 5.56 Å². The molecular weight excluding hydrogens is 298 g/mol. The summed E-state index contributed by atoms with van der Waals surface area (Å²) in [7, 11) is 3.23. The Labute approximate surface area is 131 Å². The molecule has 2 aromatic heterocycles. The van der Waals surface area contributed by atoms with Gasteiger partial charge in [-0.1, -0.05) is 0 Å². The number of H-pyrrole nitrogens is 1. The van der Waals surface area contributed by atoms with E-state index in [4.69, 9.17) is 4.74 Å². The largest absolute Gasteiger partial charge is 0.496 e. The summed E-state index contributed by atoms with van der Waals surface area (Å²) in [6.07, 6.45) is 1.47. The zero-order valence-electron chi connectivity index (χ0n) is 12.9. The molecule has 2 heterocycles. The molecule has 8 heteroatoms. The van der Waals surface area contributed by atoms with Crippen LogP contribution in [-0.2, 0) is 11.8 Å². The minimum atomic E-state index is -0.272. The third-order valence-electron chi connectivity index (χ3n) is 3.38. The highest BCUT2D eigenvalue weighted by Crippen LogP contribution is 2.30. The van der Waals surface area contributed by atoms with E-state index in [9.17, 15) is 9.59 Å². The number of hydrogen-bond acceptors (Lipinski definition) is 5. The van der Waals surface area contributed by atoms with Crippen LogP contribution in [0.25, 0.3) is 22.4 Å². The highest BCUT2D eigenvalue weighted by atomic mass is 16.5. The average Bonchev–Trinajstić information content (AvgIpc) is 2.88. The molecule has 2 N–H and O–H groups in total. The monoisotopic (exact) mass is 313 g/mol. The Morgan fingerprint density at radius 2 is 2.17 bits per heavy atom. The van der Waals surface area contributed by atoms with Gasteiger partial charge in [0.05, 0.1) is 18.9 Å². The van der Waals surface area contributed by atoms with Gasteiger partial charge in [0, 0.05) is 25.7 Å². The molecular formula is C15H15N5O3. The van der Waals surface area contributed by atoms with Crippen molar-refractivity contribution >= 4 is 22.6 Å². The Kier molecular flexibility index (Phi) is 3.57. The van der Waals surface area contributed by atoms with Gasteiger partial charge < -0.3 is 15.0 Å². The molecule has 1 amide bonds. The average molecular weight is 313 g/mol. The van der Waals surface area contributed by atoms with Gasteiger partial charge in [0.1, 0.15) is 17.0 Å². The maximum Gasteiger partial charge on any atom is 0.262 e. The molecule has 3 rings (SSSR count). The zero-order valence-corrected chi connectivity index (χ0v) is 12.9. The van der Waals surface area contributed by atoms with Gasteiger partial charge in [-0.05, 0) is 12.1 Å². The molecule has 0 spiro atoms. The molecule has 8 nitrogen and oxygen atoms in total. The van der Waals surface area contributed by atoms with Gasteiger partial charge in [-0.3, -0.25) is 14.3 Å². The second kappa shape index (κ2) is 5.56. The van der Waals surface area contributed by atoms with Crippen LogP contribution in [0.3, 0.4) is 0 Å². The minimum absolute atomic E-state index is 0.178. The number of nitrogens with one attached hydrogen (secondary N) is 2. The van der Waals surface area contributed by atoms with E-state index in [1.54, 1.807) is 25.2 Å². The minimum Gasteiger partial charge on any atom is -0.496 e. The molecule has 0 radical (unpaired) electrons. The van der Waals surface area contributed by atoms with Gasteiger partial charge in [-0.25, -0.2) is 4.98 Å². The fourth-order valence-electron chi connectivity index (χ4n) is 2.33. The van der Waals surface area contributed by atoms with Crippen LogP contribution in [0.1, 0.15) is 6.92 Å². The summed E-state index contributed by atoms with van der Waals surface area (Å²) in [6.45, 7) is 1.43. The van der Waals surface area contributed by atoms with E-state index < -0.39 is 0 Å². The number of rotatable bonds is 3. The van der Waals surface area contributed by atoms with E-state index in [-0.39, 0.29) is 11.5 Å². The standard InChI is InChI=1S/C15H15N5O3/c1-8(21)17-9-4-5-10(12(6-9)23-3)13-18-14-11(15(22)19-13)7-16-20(14)2/h4-7H,1-3H3,(H,17,21)(H,18,19,22). The summed E-state index contributed by atoms with van der Waals surface area (Å²) in [4.78, 5) is 30.5. The van der Waals surface area contributed by atoms with Gasteiger partial charge in [0.15, 0.2) is 5.65 Å². The first kappa shape index (κ1) is 14.8. The van der Waals surface area contributed by atoms with Gasteiger partial charge in [0.2, 0.25) is 5.91 Å². The zero-order chi connectivity index (χ0) is 16.6. The van der Waals surface area contributed by atoms with E-state index in [1.165, 1.54) is 24.9 Å². The molecule has 23 heavy (non-hydrogen) atoms. The fourth-order valence-corrected chi connectivity index (χ4v) is 2.33. The second-order valence-electron chi connectivity index (χ2n) is 5.02. The molecule has 3 aromatic rings. The lowest BCUT2D eigenvalue weighted by atomic mass is 10.1. The molecule has 0 saturated heterocycles. The number of ether oxygens (including phenoxy) is 1. The first-order valence-corrected chi connectivity index (χ1v) is 6.87. The van der Waals surface area contributed by atoms with Crippen molar-refractivity contribution < 1.29 is 9.53 Å². The number of aromatic nitrogens is 4. The lowest BCUT2D eigenvalue weighted by molar-refractivity contribution is -0.114. The number of aromatic amines is 1. The van der Waals surface area contributed by atoms with Gasteiger partial charge >= 0.3 is 0 Å². The van der Waals surface area contributed by atoms with Crippen LogP contribution in [0, 0.1) is 0 Å². The first-order chi connectivity index (χ1) is 11.0. The normalized spacial score (nSPS) is 10.7. The Bertz CT molecular complexity index is 957. The van der Waals surface area contributed by atoms with Crippen LogP contribution in [0.5, 0.6) is 5.75 Å². The van der Waals surface area contributed by atoms with E-state index in [1.807, 2.05) is 0 Å². The van der Waals surface area contributed by atoms with E-state index in [2.05, 4.69) is 20.4 Å². The number of aryl methyl sites for hydroxylation is 1. The van der Waals surface area contributed by atoms with Crippen molar-refractivity contribution in [3.05, 3.63) is 34.7 Å². The third kappa shape index (κ3) is 2.66. The smallest absolute Gasteiger partial charge is 0.262 e. The van der Waals surface area contributed by atoms with Crippen molar-refractivity contribution in [3.8, 4) is 17.1 Å². The first-order valence-electron chi connectivity index (χ1n) is 6.87. The van der Waals surface area contributed by atoms with E-state index in [0.717, 1.165) is 0 Å². The Balaban J connectivity index is 2.16. The van der Waals surface area contributed by atoms with Crippen LogP contribution < -0.4 is 15.6 Å². The predicted molar refractivity (Wildman–Crippen MR) is 85.4 cm³/mol. The summed E-state index contributed by atoms with van der Waals surface area (Å²) >= 11 is 0. The number of fused-ring (bicyclic) bond motifs is 1. The second-order valence-corrected chi connectivity index (χ2v) is 5.02. The van der Waals surface area contributed by atoms with Crippen LogP contribution in [0.2, 0.25) is 0 Å². The van der Waals surface area contributed by atoms with Crippen LogP contribution in [0.15, 0.2) is 29.2 Å². The number of carbonyl (C=O) groups excluding carboxylic acids is 1. The van der Waals surface area contributed by atoms with Crippen molar-refractivity contribution in [1.29, 1.82) is 0 Å². The SMILES string of the molecule is COc1cc(NC(C)=O)ccc1-c1nc2c(cnn2C)c(=O)[nH]1. The summed E-state index contributed by atoms with van der Waals surface area (Å²) < 4.78 is 6.88. The molecule has 0 aliphatic rings. The summed E-state index contributed by atoms with van der Waals surface area (Å²) in [5.74, 6) is 0.681. The van der Waals surface area contributed by atoms with Gasteiger partial charge in [-0.15, -0.1) is 0 Å². The highest BCUT2D eigenvalue weighted by molar-refractivity contribution is 5.89. The molecule has 1 aromatic carbocycles. The summed E-state index contributed by atoms with van der Waals surface area (Å²) in [5, 5.41) is 7.14.